The number of para-hydroxylation sites is 1. The highest BCUT2D eigenvalue weighted by atomic mass is 16.5. The number of carbonyl (C=O) groups is 1. The van der Waals surface area contributed by atoms with Crippen molar-refractivity contribution in [3.8, 4) is 0 Å². The van der Waals surface area contributed by atoms with Crippen LogP contribution < -0.4 is 5.32 Å². The molecule has 0 radical (unpaired) electrons. The third kappa shape index (κ3) is 2.33. The Hall–Kier alpha value is -2.55. The topological polar surface area (TPSA) is 38.3 Å². The molecule has 1 N–H and O–H groups in total. The van der Waals surface area contributed by atoms with Crippen molar-refractivity contribution in [2.24, 2.45) is 5.92 Å². The van der Waals surface area contributed by atoms with E-state index in [9.17, 15) is 4.79 Å². The molecule has 1 heterocycles. The molecule has 0 saturated carbocycles. The molecule has 1 aliphatic heterocycles. The molecule has 0 saturated heterocycles. The number of nitrogens with one attached hydrogen (secondary N) is 1. The molecule has 0 unspecified atom stereocenters. The van der Waals surface area contributed by atoms with Gasteiger partial charge in [0.15, 0.2) is 0 Å². The molecule has 4 rings (SSSR count). The summed E-state index contributed by atoms with van der Waals surface area (Å²) in [6.07, 6.45) is 5.70. The smallest absolute Gasteiger partial charge is 0.337 e. The van der Waals surface area contributed by atoms with Crippen LogP contribution in [0.2, 0.25) is 0 Å². The Morgan fingerprint density at radius 3 is 2.70 bits per heavy atom. The Bertz CT molecular complexity index is 763. The van der Waals surface area contributed by atoms with Gasteiger partial charge in [-0.25, -0.2) is 4.79 Å². The highest BCUT2D eigenvalue weighted by Gasteiger charge is 2.37. The van der Waals surface area contributed by atoms with Crippen molar-refractivity contribution < 1.29 is 9.53 Å². The van der Waals surface area contributed by atoms with Crippen molar-refractivity contribution in [2.45, 2.75) is 18.4 Å². The van der Waals surface area contributed by atoms with Crippen LogP contribution in [0.1, 0.15) is 39.9 Å². The van der Waals surface area contributed by atoms with Gasteiger partial charge in [-0.15, -0.1) is 0 Å². The number of esters is 1. The van der Waals surface area contributed by atoms with E-state index in [1.165, 1.54) is 23.9 Å². The summed E-state index contributed by atoms with van der Waals surface area (Å²) in [5.41, 5.74) is 4.40. The third-order valence-electron chi connectivity index (χ3n) is 4.96. The molecule has 0 amide bonds. The minimum absolute atomic E-state index is 0.261. The SMILES string of the molecule is COC(=O)c1ccc([C@@H]2Nc3ccccc3[C@H]3C=CC[C@H]32)cc1. The van der Waals surface area contributed by atoms with Crippen LogP contribution in [0, 0.1) is 5.92 Å². The second-order valence-corrected chi connectivity index (χ2v) is 6.18. The average molecular weight is 305 g/mol. The van der Waals surface area contributed by atoms with Gasteiger partial charge < -0.3 is 10.1 Å². The van der Waals surface area contributed by atoms with Crippen LogP contribution >= 0.6 is 0 Å². The van der Waals surface area contributed by atoms with Crippen molar-refractivity contribution >= 4 is 11.7 Å². The number of ether oxygens (including phenoxy) is 1. The lowest BCUT2D eigenvalue weighted by molar-refractivity contribution is 0.0600. The van der Waals surface area contributed by atoms with Crippen LogP contribution in [-0.4, -0.2) is 13.1 Å². The number of fused-ring (bicyclic) bond motifs is 3. The van der Waals surface area contributed by atoms with Crippen LogP contribution in [0.5, 0.6) is 0 Å². The van der Waals surface area contributed by atoms with Gasteiger partial charge in [0.25, 0.3) is 0 Å². The van der Waals surface area contributed by atoms with Crippen LogP contribution in [0.4, 0.5) is 5.69 Å². The number of allylic oxidation sites excluding steroid dienone is 2. The normalized spacial score (nSPS) is 24.5. The fourth-order valence-corrected chi connectivity index (χ4v) is 3.82. The van der Waals surface area contributed by atoms with E-state index in [-0.39, 0.29) is 12.0 Å². The molecule has 0 spiro atoms. The first-order chi connectivity index (χ1) is 11.3. The largest absolute Gasteiger partial charge is 0.465 e. The fourth-order valence-electron chi connectivity index (χ4n) is 3.82. The molecular weight excluding hydrogens is 286 g/mol. The van der Waals surface area contributed by atoms with Gasteiger partial charge in [0.2, 0.25) is 0 Å². The molecular formula is C20H19NO2. The van der Waals surface area contributed by atoms with Crippen LogP contribution in [0.3, 0.4) is 0 Å². The summed E-state index contributed by atoms with van der Waals surface area (Å²) in [5.74, 6) is 0.700. The number of rotatable bonds is 2. The first kappa shape index (κ1) is 14.1. The van der Waals surface area contributed by atoms with Gasteiger partial charge in [0.05, 0.1) is 18.7 Å². The van der Waals surface area contributed by atoms with Crippen molar-refractivity contribution in [1.29, 1.82) is 0 Å². The summed E-state index contributed by atoms with van der Waals surface area (Å²) < 4.78 is 4.77. The molecule has 23 heavy (non-hydrogen) atoms. The fraction of sp³-hybridized carbons (Fsp3) is 0.250. The zero-order valence-corrected chi connectivity index (χ0v) is 13.0. The second kappa shape index (κ2) is 5.58. The van der Waals surface area contributed by atoms with Crippen molar-refractivity contribution in [3.63, 3.8) is 0 Å². The lowest BCUT2D eigenvalue weighted by Gasteiger charge is -2.37. The van der Waals surface area contributed by atoms with Crippen molar-refractivity contribution in [1.82, 2.24) is 0 Å². The van der Waals surface area contributed by atoms with Gasteiger partial charge in [0, 0.05) is 11.6 Å². The molecule has 2 aromatic rings. The monoisotopic (exact) mass is 305 g/mol. The lowest BCUT2D eigenvalue weighted by atomic mass is 9.77. The van der Waals surface area contributed by atoms with E-state index < -0.39 is 0 Å². The quantitative estimate of drug-likeness (QED) is 0.664. The summed E-state index contributed by atoms with van der Waals surface area (Å²) in [5, 5.41) is 3.69. The van der Waals surface area contributed by atoms with E-state index in [2.05, 4.69) is 41.7 Å². The predicted octanol–water partition coefficient (Wildman–Crippen LogP) is 4.30. The molecule has 3 nitrogen and oxygen atoms in total. The number of hydrogen-bond donors (Lipinski definition) is 1. The van der Waals surface area contributed by atoms with Crippen LogP contribution in [0.25, 0.3) is 0 Å². The molecule has 1 aliphatic carbocycles. The molecule has 3 heteroatoms. The number of carbonyl (C=O) groups excluding carboxylic acids is 1. The number of anilines is 1. The maximum absolute atomic E-state index is 11.6. The van der Waals surface area contributed by atoms with Gasteiger partial charge in [-0.3, -0.25) is 0 Å². The van der Waals surface area contributed by atoms with Gasteiger partial charge >= 0.3 is 5.97 Å². The first-order valence-electron chi connectivity index (χ1n) is 7.98. The van der Waals surface area contributed by atoms with Crippen molar-refractivity contribution in [2.75, 3.05) is 12.4 Å². The van der Waals surface area contributed by atoms with Gasteiger partial charge in [-0.2, -0.15) is 0 Å². The molecule has 116 valence electrons. The summed E-state index contributed by atoms with van der Waals surface area (Å²) in [6.45, 7) is 0. The molecule has 0 aromatic heterocycles. The standard InChI is InChI=1S/C20H19NO2/c1-23-20(22)14-11-9-13(10-12-14)19-17-7-4-6-15(17)16-5-2-3-8-18(16)21-19/h2-6,8-12,15,17,19,21H,7H2,1H3/t15-,17-,19+/m1/s1. The summed E-state index contributed by atoms with van der Waals surface area (Å²) in [4.78, 5) is 11.6. The minimum Gasteiger partial charge on any atom is -0.465 e. The summed E-state index contributed by atoms with van der Waals surface area (Å²) >= 11 is 0. The van der Waals surface area contributed by atoms with E-state index in [0.717, 1.165) is 6.42 Å². The Morgan fingerprint density at radius 1 is 1.13 bits per heavy atom. The Labute approximate surface area is 136 Å². The Kier molecular flexibility index (Phi) is 3.41. The van der Waals surface area contributed by atoms with Gasteiger partial charge in [-0.05, 0) is 41.7 Å². The zero-order chi connectivity index (χ0) is 15.8. The number of benzene rings is 2. The Balaban J connectivity index is 1.68. The molecule has 2 aliphatic rings. The minimum atomic E-state index is -0.293. The molecule has 0 bridgehead atoms. The maximum Gasteiger partial charge on any atom is 0.337 e. The highest BCUT2D eigenvalue weighted by Crippen LogP contribution is 2.49. The Morgan fingerprint density at radius 2 is 1.91 bits per heavy atom. The van der Waals surface area contributed by atoms with E-state index in [4.69, 9.17) is 4.74 Å². The number of methoxy groups -OCH3 is 1. The highest BCUT2D eigenvalue weighted by molar-refractivity contribution is 5.89. The predicted molar refractivity (Wildman–Crippen MR) is 90.6 cm³/mol. The molecule has 0 fully saturated rings. The third-order valence-corrected chi connectivity index (χ3v) is 4.96. The second-order valence-electron chi connectivity index (χ2n) is 6.18. The summed E-state index contributed by atoms with van der Waals surface area (Å²) in [6, 6.07) is 16.6. The molecule has 2 aromatic carbocycles. The van der Waals surface area contributed by atoms with E-state index in [1.54, 1.807) is 0 Å². The molecule has 3 atom stereocenters. The van der Waals surface area contributed by atoms with E-state index in [0.29, 0.717) is 17.4 Å². The van der Waals surface area contributed by atoms with Crippen LogP contribution in [-0.2, 0) is 4.74 Å². The van der Waals surface area contributed by atoms with E-state index in [1.807, 2.05) is 24.3 Å². The van der Waals surface area contributed by atoms with Gasteiger partial charge in [-0.1, -0.05) is 42.5 Å². The average Bonchev–Trinajstić information content (AvgIpc) is 3.10. The zero-order valence-electron chi connectivity index (χ0n) is 13.0. The van der Waals surface area contributed by atoms with Crippen molar-refractivity contribution in [3.05, 3.63) is 77.4 Å². The van der Waals surface area contributed by atoms with Crippen LogP contribution in [0.15, 0.2) is 60.7 Å². The first-order valence-corrected chi connectivity index (χ1v) is 7.98. The van der Waals surface area contributed by atoms with Gasteiger partial charge in [0.1, 0.15) is 0 Å². The lowest BCUT2D eigenvalue weighted by Crippen LogP contribution is -2.29. The van der Waals surface area contributed by atoms with E-state index >= 15 is 0 Å². The maximum atomic E-state index is 11.6. The summed E-state index contributed by atoms with van der Waals surface area (Å²) in [7, 11) is 1.41. The number of hydrogen-bond acceptors (Lipinski definition) is 3.